The molecule has 2 rings (SSSR count). The van der Waals surface area contributed by atoms with Gasteiger partial charge in [0.15, 0.2) is 0 Å². The fourth-order valence-corrected chi connectivity index (χ4v) is 2.41. The van der Waals surface area contributed by atoms with Crippen LogP contribution in [0.5, 0.6) is 0 Å². The molecule has 1 amide bonds. The second-order valence-electron chi connectivity index (χ2n) is 4.90. The van der Waals surface area contributed by atoms with E-state index in [9.17, 15) is 13.6 Å². The summed E-state index contributed by atoms with van der Waals surface area (Å²) >= 11 is 0. The van der Waals surface area contributed by atoms with Crippen molar-refractivity contribution in [1.82, 2.24) is 15.2 Å². The number of hydrogen-bond donors (Lipinski definition) is 2. The largest absolute Gasteiger partial charge is 0.346 e. The average molecular weight is 271 g/mol. The van der Waals surface area contributed by atoms with Gasteiger partial charge in [0, 0.05) is 18.3 Å². The fraction of sp³-hybridized carbons (Fsp3) is 0.615. The van der Waals surface area contributed by atoms with E-state index in [1.807, 2.05) is 6.92 Å². The maximum atomic E-state index is 12.4. The van der Waals surface area contributed by atoms with E-state index in [1.165, 1.54) is 10.8 Å². The Hall–Kier alpha value is -1.43. The average Bonchev–Trinajstić information content (AvgIpc) is 2.79. The van der Waals surface area contributed by atoms with Crippen molar-refractivity contribution in [1.29, 1.82) is 0 Å². The molecule has 0 saturated carbocycles. The van der Waals surface area contributed by atoms with Crippen LogP contribution in [0.2, 0.25) is 0 Å². The number of nitrogens with one attached hydrogen (secondary N) is 2. The summed E-state index contributed by atoms with van der Waals surface area (Å²) < 4.78 is 26.1. The Morgan fingerprint density at radius 3 is 3.11 bits per heavy atom. The lowest BCUT2D eigenvalue weighted by Gasteiger charge is -2.30. The number of amides is 1. The van der Waals surface area contributed by atoms with Crippen LogP contribution >= 0.6 is 0 Å². The van der Waals surface area contributed by atoms with Crippen LogP contribution in [0.3, 0.4) is 0 Å². The van der Waals surface area contributed by atoms with Crippen molar-refractivity contribution >= 4 is 5.91 Å². The van der Waals surface area contributed by atoms with Crippen LogP contribution in [0.1, 0.15) is 30.3 Å². The minimum absolute atomic E-state index is 0.0520. The van der Waals surface area contributed by atoms with Crippen LogP contribution in [0.15, 0.2) is 18.3 Å². The molecule has 19 heavy (non-hydrogen) atoms. The zero-order chi connectivity index (χ0) is 13.8. The zero-order valence-electron chi connectivity index (χ0n) is 10.9. The van der Waals surface area contributed by atoms with Gasteiger partial charge in [-0.3, -0.25) is 4.79 Å². The maximum absolute atomic E-state index is 12.4. The summed E-state index contributed by atoms with van der Waals surface area (Å²) in [6, 6.07) is 3.44. The van der Waals surface area contributed by atoms with Gasteiger partial charge in [-0.1, -0.05) is 0 Å². The van der Waals surface area contributed by atoms with E-state index in [-0.39, 0.29) is 23.7 Å². The predicted molar refractivity (Wildman–Crippen MR) is 68.4 cm³/mol. The molecule has 0 aromatic carbocycles. The second-order valence-corrected chi connectivity index (χ2v) is 4.90. The molecule has 1 aliphatic heterocycles. The van der Waals surface area contributed by atoms with E-state index in [0.29, 0.717) is 0 Å². The van der Waals surface area contributed by atoms with Crippen LogP contribution in [-0.4, -0.2) is 35.5 Å². The zero-order valence-corrected chi connectivity index (χ0v) is 10.9. The van der Waals surface area contributed by atoms with E-state index in [4.69, 9.17) is 0 Å². The first kappa shape index (κ1) is 14.0. The molecule has 1 saturated heterocycles. The Morgan fingerprint density at radius 1 is 1.63 bits per heavy atom. The van der Waals surface area contributed by atoms with E-state index in [2.05, 4.69) is 10.6 Å². The smallest absolute Gasteiger partial charge is 0.268 e. The minimum Gasteiger partial charge on any atom is -0.346 e. The molecule has 2 heterocycles. The van der Waals surface area contributed by atoms with Crippen LogP contribution in [0, 0.1) is 0 Å². The van der Waals surface area contributed by atoms with Crippen molar-refractivity contribution in [3.8, 4) is 0 Å². The third-order valence-electron chi connectivity index (χ3n) is 3.48. The van der Waals surface area contributed by atoms with Crippen LogP contribution < -0.4 is 10.6 Å². The van der Waals surface area contributed by atoms with Gasteiger partial charge in [0.05, 0.1) is 6.54 Å². The molecule has 0 spiro atoms. The van der Waals surface area contributed by atoms with Gasteiger partial charge in [-0.15, -0.1) is 0 Å². The Bertz CT molecular complexity index is 433. The fourth-order valence-electron chi connectivity index (χ4n) is 2.41. The molecule has 1 aliphatic rings. The van der Waals surface area contributed by atoms with Crippen molar-refractivity contribution in [2.45, 2.75) is 44.8 Å². The summed E-state index contributed by atoms with van der Waals surface area (Å²) in [6.45, 7) is 2.52. The quantitative estimate of drug-likeness (QED) is 0.874. The van der Waals surface area contributed by atoms with Crippen molar-refractivity contribution in [3.63, 3.8) is 0 Å². The first-order valence-corrected chi connectivity index (χ1v) is 6.55. The summed E-state index contributed by atoms with van der Waals surface area (Å²) in [4.78, 5) is 12.1. The Labute approximate surface area is 111 Å². The highest BCUT2D eigenvalue weighted by Gasteiger charge is 2.24. The third kappa shape index (κ3) is 3.53. The summed E-state index contributed by atoms with van der Waals surface area (Å²) in [5.74, 6) is -0.286. The molecule has 0 aliphatic carbocycles. The van der Waals surface area contributed by atoms with Crippen LogP contribution in [0.4, 0.5) is 8.78 Å². The lowest BCUT2D eigenvalue weighted by Crippen LogP contribution is -2.52. The van der Waals surface area contributed by atoms with Gasteiger partial charge in [0.2, 0.25) is 0 Å². The standard InChI is InChI=1S/C13H19F2N3O/c1-9-10(4-2-6-16-9)17-13(19)11-5-3-7-18(11)8-12(14)15/h3,5,7,9-10,12,16H,2,4,6,8H2,1H3,(H,17,19). The van der Waals surface area contributed by atoms with Crippen molar-refractivity contribution in [2.24, 2.45) is 0 Å². The summed E-state index contributed by atoms with van der Waals surface area (Å²) in [5.41, 5.74) is 0.290. The number of carbonyl (C=O) groups excluding carboxylic acids is 1. The third-order valence-corrected chi connectivity index (χ3v) is 3.48. The molecule has 2 N–H and O–H groups in total. The number of aromatic nitrogens is 1. The lowest BCUT2D eigenvalue weighted by molar-refractivity contribution is 0.0897. The van der Waals surface area contributed by atoms with Gasteiger partial charge >= 0.3 is 0 Å². The normalized spacial score (nSPS) is 23.6. The number of hydrogen-bond acceptors (Lipinski definition) is 2. The number of carbonyl (C=O) groups is 1. The Morgan fingerprint density at radius 2 is 2.42 bits per heavy atom. The van der Waals surface area contributed by atoms with Gasteiger partial charge in [-0.2, -0.15) is 0 Å². The number of alkyl halides is 2. The molecule has 2 atom stereocenters. The summed E-state index contributed by atoms with van der Waals surface area (Å²) in [6.07, 6.45) is 0.959. The van der Waals surface area contributed by atoms with Gasteiger partial charge in [0.25, 0.3) is 12.3 Å². The Kier molecular flexibility index (Phi) is 4.52. The molecule has 0 bridgehead atoms. The van der Waals surface area contributed by atoms with E-state index in [1.54, 1.807) is 12.1 Å². The summed E-state index contributed by atoms with van der Waals surface area (Å²) in [7, 11) is 0. The van der Waals surface area contributed by atoms with Crippen LogP contribution in [0.25, 0.3) is 0 Å². The van der Waals surface area contributed by atoms with Crippen molar-refractivity contribution in [2.75, 3.05) is 6.54 Å². The van der Waals surface area contributed by atoms with Gasteiger partial charge < -0.3 is 15.2 Å². The molecule has 106 valence electrons. The minimum atomic E-state index is -2.46. The molecule has 6 heteroatoms. The second kappa shape index (κ2) is 6.14. The van der Waals surface area contributed by atoms with Crippen molar-refractivity contribution < 1.29 is 13.6 Å². The van der Waals surface area contributed by atoms with E-state index < -0.39 is 13.0 Å². The SMILES string of the molecule is CC1NCCCC1NC(=O)c1cccn1CC(F)F. The van der Waals surface area contributed by atoms with Crippen molar-refractivity contribution in [3.05, 3.63) is 24.0 Å². The highest BCUT2D eigenvalue weighted by molar-refractivity contribution is 5.93. The highest BCUT2D eigenvalue weighted by Crippen LogP contribution is 2.11. The number of piperidine rings is 1. The van der Waals surface area contributed by atoms with E-state index in [0.717, 1.165) is 19.4 Å². The molecular formula is C13H19F2N3O. The topological polar surface area (TPSA) is 46.1 Å². The molecular weight excluding hydrogens is 252 g/mol. The van der Waals surface area contributed by atoms with Gasteiger partial charge in [0.1, 0.15) is 5.69 Å². The molecule has 2 unspecified atom stereocenters. The van der Waals surface area contributed by atoms with Gasteiger partial charge in [-0.05, 0) is 38.4 Å². The first-order valence-electron chi connectivity index (χ1n) is 6.55. The molecule has 1 aromatic heterocycles. The summed E-state index contributed by atoms with van der Waals surface area (Å²) in [5, 5.41) is 6.21. The van der Waals surface area contributed by atoms with Crippen LogP contribution in [-0.2, 0) is 6.54 Å². The monoisotopic (exact) mass is 271 g/mol. The maximum Gasteiger partial charge on any atom is 0.268 e. The number of nitrogens with zero attached hydrogens (tertiary/aromatic N) is 1. The first-order chi connectivity index (χ1) is 9.08. The lowest BCUT2D eigenvalue weighted by atomic mass is 10.00. The highest BCUT2D eigenvalue weighted by atomic mass is 19.3. The number of rotatable bonds is 4. The molecule has 1 aromatic rings. The Balaban J connectivity index is 2.01. The molecule has 4 nitrogen and oxygen atoms in total. The van der Waals surface area contributed by atoms with E-state index >= 15 is 0 Å². The predicted octanol–water partition coefficient (Wildman–Crippen LogP) is 1.62. The number of halogens is 2. The molecule has 1 fully saturated rings. The van der Waals surface area contributed by atoms with Gasteiger partial charge in [-0.25, -0.2) is 8.78 Å². The molecule has 0 radical (unpaired) electrons.